The van der Waals surface area contributed by atoms with Crippen molar-refractivity contribution in [1.82, 2.24) is 15.6 Å². The summed E-state index contributed by atoms with van der Waals surface area (Å²) < 4.78 is 6.13. The van der Waals surface area contributed by atoms with E-state index in [0.717, 1.165) is 22.4 Å². The third-order valence-electron chi connectivity index (χ3n) is 4.17. The van der Waals surface area contributed by atoms with Crippen molar-refractivity contribution in [3.05, 3.63) is 18.2 Å². The number of aromatic nitrogens is 1. The molecule has 24 heavy (non-hydrogen) atoms. The Balaban J connectivity index is 1.74. The Bertz CT molecular complexity index is 770. The number of anilines is 1. The molecular weight excluding hydrogens is 328 g/mol. The Morgan fingerprint density at radius 3 is 2.79 bits per heavy atom. The van der Waals surface area contributed by atoms with Crippen LogP contribution in [-0.2, 0) is 9.59 Å². The SMILES string of the molecule is CNCC(=O)NC1(C(=O)Nc2nc3ccc(OC)cc3s2)CCC1. The molecule has 0 radical (unpaired) electrons. The van der Waals surface area contributed by atoms with Gasteiger partial charge in [0.1, 0.15) is 11.3 Å². The van der Waals surface area contributed by atoms with Gasteiger partial charge in [-0.2, -0.15) is 0 Å². The van der Waals surface area contributed by atoms with Crippen molar-refractivity contribution >= 4 is 38.5 Å². The molecule has 0 bridgehead atoms. The number of carbonyl (C=O) groups is 2. The van der Waals surface area contributed by atoms with Gasteiger partial charge in [-0.15, -0.1) is 0 Å². The van der Waals surface area contributed by atoms with Gasteiger partial charge in [0, 0.05) is 0 Å². The number of benzene rings is 1. The lowest BCUT2D eigenvalue weighted by Gasteiger charge is -2.40. The van der Waals surface area contributed by atoms with Crippen molar-refractivity contribution < 1.29 is 14.3 Å². The highest BCUT2D eigenvalue weighted by molar-refractivity contribution is 7.22. The minimum absolute atomic E-state index is 0.179. The normalized spacial score (nSPS) is 15.6. The van der Waals surface area contributed by atoms with Crippen LogP contribution in [0.25, 0.3) is 10.2 Å². The van der Waals surface area contributed by atoms with Crippen LogP contribution >= 0.6 is 11.3 Å². The summed E-state index contributed by atoms with van der Waals surface area (Å²) in [5.41, 5.74) is -0.0123. The van der Waals surface area contributed by atoms with Gasteiger partial charge in [-0.1, -0.05) is 11.3 Å². The lowest BCUT2D eigenvalue weighted by Crippen LogP contribution is -2.62. The summed E-state index contributed by atoms with van der Waals surface area (Å²) in [6, 6.07) is 5.57. The summed E-state index contributed by atoms with van der Waals surface area (Å²) in [7, 11) is 3.31. The number of rotatable bonds is 6. The summed E-state index contributed by atoms with van der Waals surface area (Å²) in [6.07, 6.45) is 2.21. The molecule has 1 heterocycles. The number of thiazole rings is 1. The molecule has 7 nitrogen and oxygen atoms in total. The highest BCUT2D eigenvalue weighted by Crippen LogP contribution is 2.35. The van der Waals surface area contributed by atoms with Gasteiger partial charge in [0.05, 0.1) is 23.9 Å². The van der Waals surface area contributed by atoms with Gasteiger partial charge in [-0.25, -0.2) is 4.98 Å². The van der Waals surface area contributed by atoms with Gasteiger partial charge in [-0.3, -0.25) is 14.9 Å². The molecule has 0 saturated heterocycles. The van der Waals surface area contributed by atoms with E-state index in [4.69, 9.17) is 4.74 Å². The number of nitrogens with zero attached hydrogens (tertiary/aromatic N) is 1. The van der Waals surface area contributed by atoms with E-state index in [-0.39, 0.29) is 18.4 Å². The number of amides is 2. The first kappa shape index (κ1) is 16.7. The summed E-state index contributed by atoms with van der Waals surface area (Å²) in [5.74, 6) is 0.365. The third kappa shape index (κ3) is 3.20. The fourth-order valence-electron chi connectivity index (χ4n) is 2.71. The highest BCUT2D eigenvalue weighted by Gasteiger charge is 2.45. The first-order chi connectivity index (χ1) is 11.6. The molecule has 2 amide bonds. The topological polar surface area (TPSA) is 92.4 Å². The maximum atomic E-state index is 12.7. The minimum Gasteiger partial charge on any atom is -0.497 e. The van der Waals surface area contributed by atoms with Crippen LogP contribution in [0.15, 0.2) is 18.2 Å². The second-order valence-electron chi connectivity index (χ2n) is 5.82. The fourth-order valence-corrected chi connectivity index (χ4v) is 3.60. The Hall–Kier alpha value is -2.19. The van der Waals surface area contributed by atoms with Gasteiger partial charge in [0.15, 0.2) is 5.13 Å². The van der Waals surface area contributed by atoms with Gasteiger partial charge in [-0.05, 0) is 44.5 Å². The van der Waals surface area contributed by atoms with Crippen LogP contribution < -0.4 is 20.7 Å². The zero-order valence-corrected chi connectivity index (χ0v) is 14.5. The number of likely N-dealkylation sites (N-methyl/N-ethyl adjacent to an activating group) is 1. The maximum Gasteiger partial charge on any atom is 0.251 e. The monoisotopic (exact) mass is 348 g/mol. The maximum absolute atomic E-state index is 12.7. The van der Waals surface area contributed by atoms with Crippen molar-refractivity contribution in [2.45, 2.75) is 24.8 Å². The molecule has 1 aliphatic carbocycles. The van der Waals surface area contributed by atoms with Crippen molar-refractivity contribution in [3.63, 3.8) is 0 Å². The van der Waals surface area contributed by atoms with E-state index >= 15 is 0 Å². The molecule has 1 aromatic heterocycles. The smallest absolute Gasteiger partial charge is 0.251 e. The number of carbonyl (C=O) groups excluding carboxylic acids is 2. The van der Waals surface area contributed by atoms with Gasteiger partial charge in [0.25, 0.3) is 5.91 Å². The first-order valence-electron chi connectivity index (χ1n) is 7.78. The van der Waals surface area contributed by atoms with Gasteiger partial charge in [0.2, 0.25) is 5.91 Å². The van der Waals surface area contributed by atoms with Crippen LogP contribution in [0.4, 0.5) is 5.13 Å². The van der Waals surface area contributed by atoms with E-state index in [1.165, 1.54) is 11.3 Å². The summed E-state index contributed by atoms with van der Waals surface area (Å²) in [5, 5.41) is 9.01. The van der Waals surface area contributed by atoms with Crippen molar-refractivity contribution in [1.29, 1.82) is 0 Å². The quantitative estimate of drug-likeness (QED) is 0.736. The van der Waals surface area contributed by atoms with Crippen molar-refractivity contribution in [3.8, 4) is 5.75 Å². The Morgan fingerprint density at radius 1 is 1.38 bits per heavy atom. The van der Waals surface area contributed by atoms with E-state index < -0.39 is 5.54 Å². The Kier molecular flexibility index (Phi) is 4.68. The molecule has 0 atom stereocenters. The zero-order valence-electron chi connectivity index (χ0n) is 13.6. The minimum atomic E-state index is -0.816. The van der Waals surface area contributed by atoms with Crippen LogP contribution in [0.2, 0.25) is 0 Å². The molecule has 1 aromatic carbocycles. The van der Waals surface area contributed by atoms with E-state index in [1.54, 1.807) is 14.2 Å². The molecular formula is C16H20N4O3S. The number of hydrogen-bond acceptors (Lipinski definition) is 6. The number of hydrogen-bond donors (Lipinski definition) is 3. The molecule has 1 fully saturated rings. The van der Waals surface area contributed by atoms with E-state index in [1.807, 2.05) is 18.2 Å². The summed E-state index contributed by atoms with van der Waals surface area (Å²) in [6.45, 7) is 0.190. The second-order valence-corrected chi connectivity index (χ2v) is 6.85. The predicted octanol–water partition coefficient (Wildman–Crippen LogP) is 1.50. The molecule has 3 rings (SSSR count). The first-order valence-corrected chi connectivity index (χ1v) is 8.59. The van der Waals surface area contributed by atoms with Gasteiger partial charge < -0.3 is 15.4 Å². The molecule has 0 unspecified atom stereocenters. The van der Waals surface area contributed by atoms with Crippen molar-refractivity contribution in [2.75, 3.05) is 26.0 Å². The van der Waals surface area contributed by atoms with Crippen LogP contribution in [0.5, 0.6) is 5.75 Å². The molecule has 1 aliphatic rings. The van der Waals surface area contributed by atoms with E-state index in [9.17, 15) is 9.59 Å². The van der Waals surface area contributed by atoms with E-state index in [0.29, 0.717) is 18.0 Å². The van der Waals surface area contributed by atoms with Crippen LogP contribution in [-0.4, -0.2) is 43.0 Å². The Morgan fingerprint density at radius 2 is 2.17 bits per heavy atom. The van der Waals surface area contributed by atoms with Crippen LogP contribution in [0.1, 0.15) is 19.3 Å². The number of ether oxygens (including phenoxy) is 1. The highest BCUT2D eigenvalue weighted by atomic mass is 32.1. The fraction of sp³-hybridized carbons (Fsp3) is 0.438. The zero-order chi connectivity index (χ0) is 17.2. The van der Waals surface area contributed by atoms with Crippen molar-refractivity contribution in [2.24, 2.45) is 0 Å². The standard InChI is InChI=1S/C16H20N4O3S/c1-17-9-13(21)20-16(6-3-7-16)14(22)19-15-18-11-5-4-10(23-2)8-12(11)24-15/h4-5,8,17H,3,6-7,9H2,1-2H3,(H,20,21)(H,18,19,22). The van der Waals surface area contributed by atoms with Crippen LogP contribution in [0, 0.1) is 0 Å². The number of nitrogens with one attached hydrogen (secondary N) is 3. The second kappa shape index (κ2) is 6.74. The lowest BCUT2D eigenvalue weighted by molar-refractivity contribution is -0.133. The molecule has 0 aliphatic heterocycles. The number of methoxy groups -OCH3 is 1. The predicted molar refractivity (Wildman–Crippen MR) is 93.5 cm³/mol. The molecule has 0 spiro atoms. The Labute approximate surface area is 143 Å². The van der Waals surface area contributed by atoms with E-state index in [2.05, 4.69) is 20.9 Å². The largest absolute Gasteiger partial charge is 0.497 e. The molecule has 2 aromatic rings. The van der Waals surface area contributed by atoms with Gasteiger partial charge >= 0.3 is 0 Å². The van der Waals surface area contributed by atoms with Crippen LogP contribution in [0.3, 0.4) is 0 Å². The third-order valence-corrected chi connectivity index (χ3v) is 5.11. The average Bonchev–Trinajstić information content (AvgIpc) is 2.92. The molecule has 1 saturated carbocycles. The molecule has 3 N–H and O–H groups in total. The average molecular weight is 348 g/mol. The number of fused-ring (bicyclic) bond motifs is 1. The lowest BCUT2D eigenvalue weighted by atomic mass is 9.76. The molecule has 128 valence electrons. The molecule has 8 heteroatoms. The summed E-state index contributed by atoms with van der Waals surface area (Å²) >= 11 is 1.39. The summed E-state index contributed by atoms with van der Waals surface area (Å²) in [4.78, 5) is 28.9.